The molecule has 0 spiro atoms. The van der Waals surface area contributed by atoms with E-state index >= 15 is 0 Å². The van der Waals surface area contributed by atoms with Gasteiger partial charge in [0, 0.05) is 54.7 Å². The summed E-state index contributed by atoms with van der Waals surface area (Å²) < 4.78 is 2.00. The van der Waals surface area contributed by atoms with Gasteiger partial charge in [0.25, 0.3) is 5.69 Å². The van der Waals surface area contributed by atoms with E-state index in [0.717, 1.165) is 16.5 Å². The molecule has 0 aliphatic rings. The number of carbonyl (C=O) groups is 1. The number of hydrogen-bond acceptors (Lipinski definition) is 3. The second-order valence-corrected chi connectivity index (χ2v) is 7.48. The number of nitro benzene ring substituents is 1. The van der Waals surface area contributed by atoms with Gasteiger partial charge >= 0.3 is 0 Å². The Morgan fingerprint density at radius 1 is 1.11 bits per heavy atom. The van der Waals surface area contributed by atoms with Crippen molar-refractivity contribution in [1.29, 1.82) is 0 Å². The molecule has 0 aliphatic heterocycles. The fraction of sp³-hybridized carbons (Fsp3) is 0.318. The number of aryl methyl sites for hydroxylation is 1. The highest BCUT2D eigenvalue weighted by atomic mass is 16.6. The SMILES string of the molecule is CC(C)CNC(=O)CC(c1ccccc1[N+](=O)[O-])c1cn(C)c2ccccc12. The summed E-state index contributed by atoms with van der Waals surface area (Å²) in [7, 11) is 1.95. The van der Waals surface area contributed by atoms with E-state index in [0.29, 0.717) is 18.0 Å². The van der Waals surface area contributed by atoms with Crippen molar-refractivity contribution in [2.45, 2.75) is 26.2 Å². The first-order chi connectivity index (χ1) is 13.4. The van der Waals surface area contributed by atoms with Gasteiger partial charge in [0.1, 0.15) is 0 Å². The molecule has 0 fully saturated rings. The fourth-order valence-corrected chi connectivity index (χ4v) is 3.56. The Balaban J connectivity index is 2.10. The molecule has 1 N–H and O–H groups in total. The number of para-hydroxylation sites is 2. The lowest BCUT2D eigenvalue weighted by molar-refractivity contribution is -0.385. The maximum atomic E-state index is 12.6. The topological polar surface area (TPSA) is 77.2 Å². The first-order valence-electron chi connectivity index (χ1n) is 9.42. The van der Waals surface area contributed by atoms with E-state index in [1.165, 1.54) is 6.07 Å². The summed E-state index contributed by atoms with van der Waals surface area (Å²) in [6.45, 7) is 4.65. The lowest BCUT2D eigenvalue weighted by atomic mass is 9.87. The predicted molar refractivity (Wildman–Crippen MR) is 110 cm³/mol. The minimum absolute atomic E-state index is 0.0390. The minimum Gasteiger partial charge on any atom is -0.356 e. The van der Waals surface area contributed by atoms with Gasteiger partial charge in [0.15, 0.2) is 0 Å². The van der Waals surface area contributed by atoms with Crippen LogP contribution < -0.4 is 5.32 Å². The third kappa shape index (κ3) is 4.06. The van der Waals surface area contributed by atoms with Crippen molar-refractivity contribution >= 4 is 22.5 Å². The third-order valence-electron chi connectivity index (χ3n) is 4.91. The van der Waals surface area contributed by atoms with Crippen LogP contribution in [0.5, 0.6) is 0 Å². The van der Waals surface area contributed by atoms with Crippen molar-refractivity contribution in [2.24, 2.45) is 13.0 Å². The average molecular weight is 379 g/mol. The molecular formula is C22H25N3O3. The van der Waals surface area contributed by atoms with Crippen molar-refractivity contribution in [1.82, 2.24) is 9.88 Å². The highest BCUT2D eigenvalue weighted by molar-refractivity contribution is 5.87. The molecule has 1 amide bonds. The number of carbonyl (C=O) groups excluding carboxylic acids is 1. The number of aromatic nitrogens is 1. The molecule has 0 radical (unpaired) electrons. The van der Waals surface area contributed by atoms with Gasteiger partial charge in [-0.1, -0.05) is 50.2 Å². The van der Waals surface area contributed by atoms with Crippen molar-refractivity contribution in [3.8, 4) is 0 Å². The maximum absolute atomic E-state index is 12.6. The number of amides is 1. The highest BCUT2D eigenvalue weighted by Crippen LogP contribution is 2.38. The van der Waals surface area contributed by atoms with Gasteiger partial charge in [-0.05, 0) is 17.5 Å². The molecular weight excluding hydrogens is 354 g/mol. The van der Waals surface area contributed by atoms with Gasteiger partial charge < -0.3 is 9.88 Å². The van der Waals surface area contributed by atoms with E-state index in [-0.39, 0.29) is 22.9 Å². The molecule has 0 saturated heterocycles. The molecule has 146 valence electrons. The van der Waals surface area contributed by atoms with Crippen molar-refractivity contribution in [2.75, 3.05) is 6.54 Å². The number of fused-ring (bicyclic) bond motifs is 1. The van der Waals surface area contributed by atoms with Crippen LogP contribution in [0.1, 0.15) is 37.3 Å². The van der Waals surface area contributed by atoms with Gasteiger partial charge in [-0.3, -0.25) is 14.9 Å². The monoisotopic (exact) mass is 379 g/mol. The smallest absolute Gasteiger partial charge is 0.273 e. The maximum Gasteiger partial charge on any atom is 0.273 e. The highest BCUT2D eigenvalue weighted by Gasteiger charge is 2.28. The molecule has 0 aliphatic carbocycles. The number of benzene rings is 2. The zero-order chi connectivity index (χ0) is 20.3. The van der Waals surface area contributed by atoms with Crippen LogP contribution in [0.15, 0.2) is 54.7 Å². The molecule has 3 rings (SSSR count). The van der Waals surface area contributed by atoms with Crippen LogP contribution in [-0.2, 0) is 11.8 Å². The molecule has 6 heteroatoms. The second kappa shape index (κ2) is 8.25. The molecule has 1 heterocycles. The summed E-state index contributed by atoms with van der Waals surface area (Å²) in [6, 6.07) is 14.6. The number of nitrogens with one attached hydrogen (secondary N) is 1. The normalized spacial score (nSPS) is 12.3. The third-order valence-corrected chi connectivity index (χ3v) is 4.91. The summed E-state index contributed by atoms with van der Waals surface area (Å²) in [4.78, 5) is 23.9. The van der Waals surface area contributed by atoms with Gasteiger partial charge in [-0.25, -0.2) is 0 Å². The lowest BCUT2D eigenvalue weighted by Gasteiger charge is -2.18. The molecule has 2 aromatic carbocycles. The summed E-state index contributed by atoms with van der Waals surface area (Å²) in [5.41, 5.74) is 2.55. The standard InChI is InChI=1S/C22H25N3O3/c1-15(2)13-23-22(26)12-18(16-8-5-7-11-21(16)25(27)28)19-14-24(3)20-10-6-4-9-17(19)20/h4-11,14-15,18H,12-13H2,1-3H3,(H,23,26). The number of rotatable bonds is 7. The molecule has 28 heavy (non-hydrogen) atoms. The largest absolute Gasteiger partial charge is 0.356 e. The van der Waals surface area contributed by atoms with Crippen LogP contribution in [-0.4, -0.2) is 21.9 Å². The average Bonchev–Trinajstić information content (AvgIpc) is 3.01. The zero-order valence-electron chi connectivity index (χ0n) is 16.4. The molecule has 1 atom stereocenters. The van der Waals surface area contributed by atoms with E-state index in [1.54, 1.807) is 18.2 Å². The summed E-state index contributed by atoms with van der Waals surface area (Å²) in [5, 5.41) is 15.6. The first-order valence-corrected chi connectivity index (χ1v) is 9.42. The Morgan fingerprint density at radius 2 is 1.79 bits per heavy atom. The van der Waals surface area contributed by atoms with Crippen LogP contribution in [0.25, 0.3) is 10.9 Å². The van der Waals surface area contributed by atoms with Gasteiger partial charge in [0.2, 0.25) is 5.91 Å². The van der Waals surface area contributed by atoms with Crippen molar-refractivity contribution < 1.29 is 9.72 Å². The van der Waals surface area contributed by atoms with Crippen LogP contribution in [0.3, 0.4) is 0 Å². The van der Waals surface area contributed by atoms with Crippen LogP contribution in [0.4, 0.5) is 5.69 Å². The second-order valence-electron chi connectivity index (χ2n) is 7.48. The molecule has 1 unspecified atom stereocenters. The zero-order valence-corrected chi connectivity index (χ0v) is 16.4. The Kier molecular flexibility index (Phi) is 5.78. The quantitative estimate of drug-likeness (QED) is 0.489. The number of hydrogen-bond donors (Lipinski definition) is 1. The summed E-state index contributed by atoms with van der Waals surface area (Å²) in [6.07, 6.45) is 2.13. The molecule has 3 aromatic rings. The predicted octanol–water partition coefficient (Wildman–Crippen LogP) is 4.38. The summed E-state index contributed by atoms with van der Waals surface area (Å²) in [5.74, 6) is -0.171. The van der Waals surface area contributed by atoms with E-state index in [4.69, 9.17) is 0 Å². The van der Waals surface area contributed by atoms with Crippen molar-refractivity contribution in [3.05, 3.63) is 76.0 Å². The summed E-state index contributed by atoms with van der Waals surface area (Å²) >= 11 is 0. The van der Waals surface area contributed by atoms with Gasteiger partial charge in [0.05, 0.1) is 4.92 Å². The first kappa shape index (κ1) is 19.6. The van der Waals surface area contributed by atoms with E-state index in [1.807, 2.05) is 55.9 Å². The molecule has 0 bridgehead atoms. The molecule has 1 aromatic heterocycles. The van der Waals surface area contributed by atoms with Crippen LogP contribution in [0.2, 0.25) is 0 Å². The van der Waals surface area contributed by atoms with Crippen molar-refractivity contribution in [3.63, 3.8) is 0 Å². The lowest BCUT2D eigenvalue weighted by Crippen LogP contribution is -2.28. The van der Waals surface area contributed by atoms with E-state index < -0.39 is 5.92 Å². The van der Waals surface area contributed by atoms with E-state index in [9.17, 15) is 14.9 Å². The Bertz CT molecular complexity index is 1010. The number of nitrogens with zero attached hydrogens (tertiary/aromatic N) is 2. The minimum atomic E-state index is -0.403. The fourth-order valence-electron chi connectivity index (χ4n) is 3.56. The van der Waals surface area contributed by atoms with Crippen LogP contribution in [0, 0.1) is 16.0 Å². The van der Waals surface area contributed by atoms with Gasteiger partial charge in [-0.15, -0.1) is 0 Å². The Morgan fingerprint density at radius 3 is 2.50 bits per heavy atom. The molecule has 6 nitrogen and oxygen atoms in total. The van der Waals surface area contributed by atoms with Gasteiger partial charge in [-0.2, -0.15) is 0 Å². The molecule has 0 saturated carbocycles. The Labute approximate surface area is 164 Å². The van der Waals surface area contributed by atoms with E-state index in [2.05, 4.69) is 5.32 Å². The Hall–Kier alpha value is -3.15. The van der Waals surface area contributed by atoms with Crippen LogP contribution >= 0.6 is 0 Å². The number of nitro groups is 1.